The van der Waals surface area contributed by atoms with E-state index in [1.54, 1.807) is 7.11 Å². The number of rotatable bonds is 7. The highest BCUT2D eigenvalue weighted by molar-refractivity contribution is 4.83. The first-order valence-corrected chi connectivity index (χ1v) is 5.73. The molecule has 14 heavy (non-hydrogen) atoms. The molecule has 0 amide bonds. The number of aliphatic hydroxyl groups excluding tert-OH is 1. The Kier molecular flexibility index (Phi) is 6.38. The minimum absolute atomic E-state index is 0.348. The van der Waals surface area contributed by atoms with Crippen molar-refractivity contribution in [3.63, 3.8) is 0 Å². The van der Waals surface area contributed by atoms with E-state index in [1.165, 1.54) is 12.8 Å². The van der Waals surface area contributed by atoms with E-state index in [2.05, 4.69) is 20.8 Å². The fourth-order valence-electron chi connectivity index (χ4n) is 1.76. The predicted molar refractivity (Wildman–Crippen MR) is 60.4 cm³/mol. The van der Waals surface area contributed by atoms with Gasteiger partial charge in [-0.3, -0.25) is 0 Å². The Morgan fingerprint density at radius 2 is 1.93 bits per heavy atom. The molecule has 0 bridgehead atoms. The molecule has 2 heteroatoms. The summed E-state index contributed by atoms with van der Waals surface area (Å²) in [5, 5.41) is 10.0. The van der Waals surface area contributed by atoms with E-state index in [-0.39, 0.29) is 11.7 Å². The third kappa shape index (κ3) is 3.97. The SMILES string of the molecule is CCCC(C)CC(O)C(C)(CC)OC. The summed E-state index contributed by atoms with van der Waals surface area (Å²) in [7, 11) is 1.68. The molecule has 3 atom stereocenters. The molecule has 0 aromatic carbocycles. The van der Waals surface area contributed by atoms with Crippen LogP contribution in [0.5, 0.6) is 0 Å². The lowest BCUT2D eigenvalue weighted by Crippen LogP contribution is -2.41. The predicted octanol–water partition coefficient (Wildman–Crippen LogP) is 2.99. The Labute approximate surface area is 88.7 Å². The maximum atomic E-state index is 10.0. The lowest BCUT2D eigenvalue weighted by Gasteiger charge is -2.33. The van der Waals surface area contributed by atoms with Crippen LogP contribution in [0.25, 0.3) is 0 Å². The van der Waals surface area contributed by atoms with Crippen molar-refractivity contribution in [1.29, 1.82) is 0 Å². The van der Waals surface area contributed by atoms with Gasteiger partial charge in [0.2, 0.25) is 0 Å². The Hall–Kier alpha value is -0.0800. The van der Waals surface area contributed by atoms with Crippen molar-refractivity contribution in [1.82, 2.24) is 0 Å². The molecule has 0 saturated heterocycles. The molecule has 0 saturated carbocycles. The van der Waals surface area contributed by atoms with Crippen LogP contribution in [0.1, 0.15) is 53.4 Å². The fourth-order valence-corrected chi connectivity index (χ4v) is 1.76. The van der Waals surface area contributed by atoms with E-state index >= 15 is 0 Å². The Balaban J connectivity index is 4.10. The molecular weight excluding hydrogens is 176 g/mol. The fraction of sp³-hybridized carbons (Fsp3) is 1.00. The summed E-state index contributed by atoms with van der Waals surface area (Å²) < 4.78 is 5.38. The molecule has 0 heterocycles. The van der Waals surface area contributed by atoms with Gasteiger partial charge in [0.05, 0.1) is 11.7 Å². The first kappa shape index (κ1) is 13.9. The van der Waals surface area contributed by atoms with Crippen molar-refractivity contribution in [2.75, 3.05) is 7.11 Å². The van der Waals surface area contributed by atoms with Crippen molar-refractivity contribution < 1.29 is 9.84 Å². The van der Waals surface area contributed by atoms with E-state index in [0.29, 0.717) is 5.92 Å². The van der Waals surface area contributed by atoms with Gasteiger partial charge < -0.3 is 9.84 Å². The number of ether oxygens (including phenoxy) is 1. The maximum absolute atomic E-state index is 10.0. The zero-order valence-electron chi connectivity index (χ0n) is 10.3. The molecule has 2 nitrogen and oxygen atoms in total. The summed E-state index contributed by atoms with van der Waals surface area (Å²) in [6.45, 7) is 8.41. The largest absolute Gasteiger partial charge is 0.390 e. The molecule has 0 spiro atoms. The van der Waals surface area contributed by atoms with Gasteiger partial charge in [-0.2, -0.15) is 0 Å². The first-order valence-electron chi connectivity index (χ1n) is 5.73. The second kappa shape index (κ2) is 6.41. The van der Waals surface area contributed by atoms with Gasteiger partial charge in [-0.1, -0.05) is 33.6 Å². The Morgan fingerprint density at radius 3 is 2.29 bits per heavy atom. The Morgan fingerprint density at radius 1 is 1.36 bits per heavy atom. The van der Waals surface area contributed by atoms with E-state index < -0.39 is 0 Å². The topological polar surface area (TPSA) is 29.5 Å². The highest BCUT2D eigenvalue weighted by Gasteiger charge is 2.31. The van der Waals surface area contributed by atoms with Gasteiger partial charge in [-0.15, -0.1) is 0 Å². The van der Waals surface area contributed by atoms with Gasteiger partial charge in [0.25, 0.3) is 0 Å². The summed E-state index contributed by atoms with van der Waals surface area (Å²) in [6, 6.07) is 0. The summed E-state index contributed by atoms with van der Waals surface area (Å²) in [4.78, 5) is 0. The summed E-state index contributed by atoms with van der Waals surface area (Å²) in [6.07, 6.45) is 3.71. The number of hydrogen-bond acceptors (Lipinski definition) is 2. The van der Waals surface area contributed by atoms with Gasteiger partial charge in [0, 0.05) is 7.11 Å². The lowest BCUT2D eigenvalue weighted by molar-refractivity contribution is -0.0994. The molecule has 0 radical (unpaired) electrons. The van der Waals surface area contributed by atoms with Gasteiger partial charge in [-0.05, 0) is 25.7 Å². The van der Waals surface area contributed by atoms with E-state index in [4.69, 9.17) is 4.74 Å². The van der Waals surface area contributed by atoms with E-state index in [0.717, 1.165) is 12.8 Å². The van der Waals surface area contributed by atoms with Gasteiger partial charge in [0.1, 0.15) is 0 Å². The number of hydrogen-bond donors (Lipinski definition) is 1. The van der Waals surface area contributed by atoms with E-state index in [9.17, 15) is 5.11 Å². The summed E-state index contributed by atoms with van der Waals surface area (Å²) >= 11 is 0. The van der Waals surface area contributed by atoms with Crippen LogP contribution in [-0.4, -0.2) is 23.9 Å². The van der Waals surface area contributed by atoms with Crippen LogP contribution in [0, 0.1) is 5.92 Å². The zero-order valence-corrected chi connectivity index (χ0v) is 10.3. The van der Waals surface area contributed by atoms with Crippen molar-refractivity contribution in [2.45, 2.75) is 65.1 Å². The second-order valence-electron chi connectivity index (χ2n) is 4.52. The molecular formula is C12H26O2. The van der Waals surface area contributed by atoms with Gasteiger partial charge in [0.15, 0.2) is 0 Å². The zero-order chi connectivity index (χ0) is 11.2. The number of aliphatic hydroxyl groups is 1. The highest BCUT2D eigenvalue weighted by Crippen LogP contribution is 2.25. The van der Waals surface area contributed by atoms with E-state index in [1.807, 2.05) is 6.92 Å². The van der Waals surface area contributed by atoms with Crippen LogP contribution in [0.2, 0.25) is 0 Å². The minimum Gasteiger partial charge on any atom is -0.390 e. The molecule has 0 aromatic heterocycles. The molecule has 0 aromatic rings. The van der Waals surface area contributed by atoms with Crippen molar-refractivity contribution >= 4 is 0 Å². The van der Waals surface area contributed by atoms with Gasteiger partial charge >= 0.3 is 0 Å². The average molecular weight is 202 g/mol. The first-order chi connectivity index (χ1) is 6.50. The molecule has 0 aliphatic heterocycles. The Bertz CT molecular complexity index is 141. The molecule has 0 fully saturated rings. The molecule has 0 rings (SSSR count). The quantitative estimate of drug-likeness (QED) is 0.687. The standard InChI is InChI=1S/C12H26O2/c1-6-8-10(3)9-11(13)12(4,7-2)14-5/h10-11,13H,6-9H2,1-5H3. The maximum Gasteiger partial charge on any atom is 0.0905 e. The van der Waals surface area contributed by atoms with Crippen molar-refractivity contribution in [2.24, 2.45) is 5.92 Å². The van der Waals surface area contributed by atoms with Crippen molar-refractivity contribution in [3.05, 3.63) is 0 Å². The van der Waals surface area contributed by atoms with Gasteiger partial charge in [-0.25, -0.2) is 0 Å². The van der Waals surface area contributed by atoms with Crippen LogP contribution >= 0.6 is 0 Å². The van der Waals surface area contributed by atoms with Crippen LogP contribution in [-0.2, 0) is 4.74 Å². The molecule has 86 valence electrons. The highest BCUT2D eigenvalue weighted by atomic mass is 16.5. The monoisotopic (exact) mass is 202 g/mol. The van der Waals surface area contributed by atoms with Crippen LogP contribution in [0.3, 0.4) is 0 Å². The van der Waals surface area contributed by atoms with Crippen LogP contribution < -0.4 is 0 Å². The number of methoxy groups -OCH3 is 1. The molecule has 0 aliphatic carbocycles. The summed E-state index contributed by atoms with van der Waals surface area (Å²) in [5.41, 5.74) is -0.373. The normalized spacial score (nSPS) is 20.1. The third-order valence-electron chi connectivity index (χ3n) is 3.28. The van der Waals surface area contributed by atoms with Crippen LogP contribution in [0.4, 0.5) is 0 Å². The minimum atomic E-state index is -0.373. The molecule has 0 aliphatic rings. The smallest absolute Gasteiger partial charge is 0.0905 e. The average Bonchev–Trinajstić information content (AvgIpc) is 2.16. The molecule has 3 unspecified atom stereocenters. The molecule has 1 N–H and O–H groups in total. The lowest BCUT2D eigenvalue weighted by atomic mass is 9.87. The summed E-state index contributed by atoms with van der Waals surface area (Å²) in [5.74, 6) is 0.580. The third-order valence-corrected chi connectivity index (χ3v) is 3.28. The van der Waals surface area contributed by atoms with Crippen LogP contribution in [0.15, 0.2) is 0 Å². The second-order valence-corrected chi connectivity index (χ2v) is 4.52. The van der Waals surface area contributed by atoms with Crippen molar-refractivity contribution in [3.8, 4) is 0 Å².